The summed E-state index contributed by atoms with van der Waals surface area (Å²) in [6.07, 6.45) is 3.00. The maximum absolute atomic E-state index is 14.2. The maximum atomic E-state index is 14.2. The van der Waals surface area contributed by atoms with Gasteiger partial charge in [-0.05, 0) is 44.0 Å². The van der Waals surface area contributed by atoms with Crippen molar-refractivity contribution in [3.63, 3.8) is 0 Å². The molecule has 174 valence electrons. The van der Waals surface area contributed by atoms with Gasteiger partial charge < -0.3 is 14.2 Å². The van der Waals surface area contributed by atoms with Crippen LogP contribution in [0.1, 0.15) is 31.7 Å². The second-order valence-electron chi connectivity index (χ2n) is 8.55. The molecule has 6 rings (SSSR count). The number of aromatic nitrogens is 2. The summed E-state index contributed by atoms with van der Waals surface area (Å²) in [5.41, 5.74) is 0.370. The number of carbonyl (C=O) groups is 1. The summed E-state index contributed by atoms with van der Waals surface area (Å²) in [7, 11) is 0. The number of aliphatic imine (C=N–C) groups is 1. The lowest BCUT2D eigenvalue weighted by Crippen LogP contribution is -2.60. The van der Waals surface area contributed by atoms with E-state index >= 15 is 0 Å². The smallest absolute Gasteiger partial charge is 0.255 e. The van der Waals surface area contributed by atoms with Crippen molar-refractivity contribution in [1.82, 2.24) is 10.1 Å². The first-order valence-corrected chi connectivity index (χ1v) is 11.1. The third-order valence-electron chi connectivity index (χ3n) is 6.43. The largest absolute Gasteiger partial charge is 0.355 e. The van der Waals surface area contributed by atoms with Crippen molar-refractivity contribution >= 4 is 35.2 Å². The van der Waals surface area contributed by atoms with Crippen molar-refractivity contribution in [2.75, 3.05) is 16.4 Å². The van der Waals surface area contributed by atoms with E-state index in [9.17, 15) is 13.6 Å². The van der Waals surface area contributed by atoms with E-state index in [1.54, 1.807) is 28.3 Å². The zero-order chi connectivity index (χ0) is 23.6. The van der Waals surface area contributed by atoms with Crippen LogP contribution in [0.4, 0.5) is 20.2 Å². The molecule has 4 heterocycles. The van der Waals surface area contributed by atoms with Crippen LogP contribution in [0.25, 0.3) is 11.4 Å². The predicted molar refractivity (Wildman–Crippen MR) is 120 cm³/mol. The highest BCUT2D eigenvalue weighted by atomic mass is 35.5. The fourth-order valence-electron chi connectivity index (χ4n) is 4.84. The Morgan fingerprint density at radius 2 is 2.09 bits per heavy atom. The van der Waals surface area contributed by atoms with Gasteiger partial charge in [-0.3, -0.25) is 14.7 Å². The van der Waals surface area contributed by atoms with E-state index in [2.05, 4.69) is 15.1 Å². The molecular weight excluding hydrogens is 468 g/mol. The third kappa shape index (κ3) is 3.05. The van der Waals surface area contributed by atoms with Gasteiger partial charge >= 0.3 is 0 Å². The van der Waals surface area contributed by atoms with E-state index in [1.165, 1.54) is 6.07 Å². The molecule has 0 aliphatic carbocycles. The maximum Gasteiger partial charge on any atom is 0.255 e. The number of para-hydroxylation sites is 1. The molecule has 0 N–H and O–H groups in total. The molecule has 0 bridgehead atoms. The minimum atomic E-state index is -0.868. The second kappa shape index (κ2) is 7.57. The molecule has 1 fully saturated rings. The SMILES string of the molecule is CC1(N2C(=O)C3C(c4nc(-c5ccc(F)cc5F)no4)N=CN3c3cccc(Cl)c32)CCCO1. The molecule has 3 aromatic rings. The Labute approximate surface area is 197 Å². The molecular formula is C23H18ClF2N5O3. The molecule has 3 aliphatic rings. The van der Waals surface area contributed by atoms with Crippen LogP contribution < -0.4 is 9.80 Å². The average Bonchev–Trinajstić information content (AvgIpc) is 3.54. The predicted octanol–water partition coefficient (Wildman–Crippen LogP) is 4.50. The first-order valence-electron chi connectivity index (χ1n) is 10.7. The molecule has 3 atom stereocenters. The summed E-state index contributed by atoms with van der Waals surface area (Å²) in [5.74, 6) is -1.83. The molecule has 2 aromatic carbocycles. The van der Waals surface area contributed by atoms with Crippen LogP contribution in [-0.4, -0.2) is 40.8 Å². The number of fused-ring (bicyclic) bond motifs is 3. The van der Waals surface area contributed by atoms with Crippen molar-refractivity contribution < 1.29 is 22.8 Å². The zero-order valence-corrected chi connectivity index (χ0v) is 18.7. The first-order chi connectivity index (χ1) is 16.4. The highest BCUT2D eigenvalue weighted by molar-refractivity contribution is 6.35. The van der Waals surface area contributed by atoms with Crippen LogP contribution in [0.15, 0.2) is 45.9 Å². The Bertz CT molecular complexity index is 1340. The molecule has 1 amide bonds. The Morgan fingerprint density at radius 1 is 1.24 bits per heavy atom. The Kier molecular flexibility index (Phi) is 4.72. The number of anilines is 2. The summed E-state index contributed by atoms with van der Waals surface area (Å²) < 4.78 is 38.9. The summed E-state index contributed by atoms with van der Waals surface area (Å²) in [5, 5.41) is 4.26. The molecule has 11 heteroatoms. The number of hydrogen-bond donors (Lipinski definition) is 0. The van der Waals surface area contributed by atoms with E-state index in [0.717, 1.165) is 18.6 Å². The molecule has 1 saturated heterocycles. The van der Waals surface area contributed by atoms with Gasteiger partial charge in [0.25, 0.3) is 11.8 Å². The standard InChI is InChI=1S/C23H18ClF2N5O3/c1-23(8-3-9-33-23)31-18-14(24)4-2-5-16(18)30-11-27-17(19(30)22(31)32)21-28-20(29-34-21)13-7-6-12(25)10-15(13)26/h2,4-7,10-11,17,19H,3,8-9H2,1H3. The molecule has 1 aromatic heterocycles. The fraction of sp³-hybridized carbons (Fsp3) is 0.304. The van der Waals surface area contributed by atoms with E-state index in [-0.39, 0.29) is 23.2 Å². The third-order valence-corrected chi connectivity index (χ3v) is 6.73. The van der Waals surface area contributed by atoms with Gasteiger partial charge in [-0.15, -0.1) is 0 Å². The highest BCUT2D eigenvalue weighted by Gasteiger charge is 2.54. The van der Waals surface area contributed by atoms with Gasteiger partial charge in [0.15, 0.2) is 6.04 Å². The number of nitrogens with zero attached hydrogens (tertiary/aromatic N) is 5. The number of ether oxygens (including phenoxy) is 1. The van der Waals surface area contributed by atoms with Gasteiger partial charge in [0.1, 0.15) is 23.4 Å². The second-order valence-corrected chi connectivity index (χ2v) is 8.96. The van der Waals surface area contributed by atoms with Crippen LogP contribution in [0.3, 0.4) is 0 Å². The van der Waals surface area contributed by atoms with Crippen LogP contribution in [0.5, 0.6) is 0 Å². The van der Waals surface area contributed by atoms with Crippen LogP contribution >= 0.6 is 11.6 Å². The van der Waals surface area contributed by atoms with Gasteiger partial charge in [-0.25, -0.2) is 8.78 Å². The minimum Gasteiger partial charge on any atom is -0.355 e. The number of hydrogen-bond acceptors (Lipinski definition) is 7. The topological polar surface area (TPSA) is 84.1 Å². The van der Waals surface area contributed by atoms with Gasteiger partial charge in [-0.2, -0.15) is 4.98 Å². The molecule has 0 saturated carbocycles. The summed E-state index contributed by atoms with van der Waals surface area (Å²) in [6.45, 7) is 2.40. The number of halogens is 3. The Hall–Kier alpha value is -3.37. The van der Waals surface area contributed by atoms with E-state index in [4.69, 9.17) is 20.9 Å². The van der Waals surface area contributed by atoms with Crippen molar-refractivity contribution in [2.24, 2.45) is 4.99 Å². The number of benzene rings is 2. The van der Waals surface area contributed by atoms with Crippen molar-refractivity contribution in [3.8, 4) is 11.4 Å². The average molecular weight is 486 g/mol. The van der Waals surface area contributed by atoms with E-state index in [0.29, 0.717) is 29.4 Å². The number of amides is 1. The first kappa shape index (κ1) is 21.2. The van der Waals surface area contributed by atoms with Gasteiger partial charge in [-0.1, -0.05) is 22.8 Å². The highest BCUT2D eigenvalue weighted by Crippen LogP contribution is 2.49. The normalized spacial score (nSPS) is 25.7. The minimum absolute atomic E-state index is 0.0178. The molecule has 8 nitrogen and oxygen atoms in total. The van der Waals surface area contributed by atoms with Crippen molar-refractivity contribution in [1.29, 1.82) is 0 Å². The monoisotopic (exact) mass is 485 g/mol. The van der Waals surface area contributed by atoms with Crippen LogP contribution in [-0.2, 0) is 9.53 Å². The van der Waals surface area contributed by atoms with Crippen molar-refractivity contribution in [3.05, 3.63) is 58.9 Å². The van der Waals surface area contributed by atoms with Crippen molar-refractivity contribution in [2.45, 2.75) is 37.6 Å². The molecule has 0 spiro atoms. The van der Waals surface area contributed by atoms with Gasteiger partial charge in [0, 0.05) is 12.7 Å². The Morgan fingerprint density at radius 3 is 2.85 bits per heavy atom. The molecule has 34 heavy (non-hydrogen) atoms. The number of carbonyl (C=O) groups excluding carboxylic acids is 1. The Balaban J connectivity index is 1.42. The van der Waals surface area contributed by atoms with Crippen LogP contribution in [0.2, 0.25) is 5.02 Å². The quantitative estimate of drug-likeness (QED) is 0.543. The summed E-state index contributed by atoms with van der Waals surface area (Å²) in [4.78, 5) is 26.0. The molecule has 3 unspecified atom stereocenters. The lowest BCUT2D eigenvalue weighted by atomic mass is 9.97. The van der Waals surface area contributed by atoms with Gasteiger partial charge in [0.2, 0.25) is 5.82 Å². The lowest BCUT2D eigenvalue weighted by Gasteiger charge is -2.46. The lowest BCUT2D eigenvalue weighted by molar-refractivity contribution is -0.125. The van der Waals surface area contributed by atoms with Gasteiger partial charge in [0.05, 0.1) is 28.3 Å². The molecule has 0 radical (unpaired) electrons. The molecule has 3 aliphatic heterocycles. The number of rotatable bonds is 3. The van der Waals surface area contributed by atoms with Crippen LogP contribution in [0, 0.1) is 11.6 Å². The van der Waals surface area contributed by atoms with E-state index < -0.39 is 29.4 Å². The van der Waals surface area contributed by atoms with E-state index in [1.807, 2.05) is 13.0 Å². The summed E-state index contributed by atoms with van der Waals surface area (Å²) in [6, 6.07) is 6.80. The summed E-state index contributed by atoms with van der Waals surface area (Å²) >= 11 is 6.56. The zero-order valence-electron chi connectivity index (χ0n) is 17.9. The fourth-order valence-corrected chi connectivity index (χ4v) is 5.09.